The minimum absolute atomic E-state index is 0.153. The molecule has 0 atom stereocenters. The number of ether oxygens (including phenoxy) is 1. The molecule has 2 heteroatoms. The Morgan fingerprint density at radius 2 is 2.06 bits per heavy atom. The van der Waals surface area contributed by atoms with E-state index in [0.29, 0.717) is 6.42 Å². The lowest BCUT2D eigenvalue weighted by atomic mass is 10.2. The van der Waals surface area contributed by atoms with E-state index < -0.39 is 0 Å². The normalized spacial score (nSPS) is 9.75. The van der Waals surface area contributed by atoms with E-state index in [1.54, 1.807) is 0 Å². The fraction of sp³-hybridized carbons (Fsp3) is 0.429. The molecular weight excluding hydrogens is 200 g/mol. The van der Waals surface area contributed by atoms with Crippen molar-refractivity contribution in [2.45, 2.75) is 32.8 Å². The molecule has 0 aromatic heterocycles. The zero-order valence-electron chi connectivity index (χ0n) is 9.86. The molecule has 0 fully saturated rings. The van der Waals surface area contributed by atoms with Crippen LogP contribution in [0.3, 0.4) is 0 Å². The zero-order valence-corrected chi connectivity index (χ0v) is 9.86. The van der Waals surface area contributed by atoms with Gasteiger partial charge in [0.15, 0.2) is 0 Å². The van der Waals surface area contributed by atoms with Crippen LogP contribution in [0.1, 0.15) is 32.3 Å². The monoisotopic (exact) mass is 218 g/mol. The van der Waals surface area contributed by atoms with Gasteiger partial charge in [0.2, 0.25) is 0 Å². The van der Waals surface area contributed by atoms with E-state index in [0.717, 1.165) is 17.7 Å². The molecule has 1 aromatic carbocycles. The number of benzene rings is 1. The van der Waals surface area contributed by atoms with Gasteiger partial charge in [-0.3, -0.25) is 0 Å². The van der Waals surface area contributed by atoms with Crippen LogP contribution in [-0.2, 0) is 0 Å². The molecule has 0 radical (unpaired) electrons. The Bertz CT molecular complexity index is 372. The Balaban J connectivity index is 2.73. The van der Waals surface area contributed by atoms with Crippen molar-refractivity contribution in [3.8, 4) is 17.6 Å². The minimum Gasteiger partial charge on any atom is -0.490 e. The predicted molar refractivity (Wildman–Crippen MR) is 65.4 cm³/mol. The second-order valence-corrected chi connectivity index (χ2v) is 3.79. The fourth-order valence-corrected chi connectivity index (χ4v) is 1.25. The summed E-state index contributed by atoms with van der Waals surface area (Å²) in [7, 11) is 0. The van der Waals surface area contributed by atoms with Crippen LogP contribution in [0.4, 0.5) is 0 Å². The second kappa shape index (κ2) is 6.92. The first kappa shape index (κ1) is 12.6. The number of hydrogen-bond donors (Lipinski definition) is 1. The fourth-order valence-electron chi connectivity index (χ4n) is 1.25. The molecular formula is C14H18O2. The van der Waals surface area contributed by atoms with Gasteiger partial charge in [0, 0.05) is 13.0 Å². The standard InChI is InChI=1S/C14H18O2/c1-12(2)16-14-10-6-5-9-13(14)8-4-3-7-11-15/h5-6,9-10,12,15H,3,7,11H2,1-2H3. The minimum atomic E-state index is 0.153. The van der Waals surface area contributed by atoms with Crippen molar-refractivity contribution in [2.24, 2.45) is 0 Å². The Morgan fingerprint density at radius 1 is 1.31 bits per heavy atom. The molecule has 0 unspecified atom stereocenters. The molecule has 0 amide bonds. The summed E-state index contributed by atoms with van der Waals surface area (Å²) in [5, 5.41) is 8.64. The number of aliphatic hydroxyl groups is 1. The molecule has 0 bridgehead atoms. The summed E-state index contributed by atoms with van der Waals surface area (Å²) in [6, 6.07) is 7.76. The Hall–Kier alpha value is -1.46. The Kier molecular flexibility index (Phi) is 5.45. The maximum absolute atomic E-state index is 8.64. The van der Waals surface area contributed by atoms with Gasteiger partial charge in [-0.2, -0.15) is 0 Å². The van der Waals surface area contributed by atoms with Gasteiger partial charge in [-0.25, -0.2) is 0 Å². The van der Waals surface area contributed by atoms with Crippen molar-refractivity contribution < 1.29 is 9.84 Å². The SMILES string of the molecule is CC(C)Oc1ccccc1C#CCCCO. The lowest BCUT2D eigenvalue weighted by Gasteiger charge is -2.10. The summed E-state index contributed by atoms with van der Waals surface area (Å²) in [6.45, 7) is 4.19. The van der Waals surface area contributed by atoms with Crippen LogP contribution in [0.15, 0.2) is 24.3 Å². The molecule has 1 N–H and O–H groups in total. The molecule has 0 aliphatic heterocycles. The van der Waals surface area contributed by atoms with Gasteiger partial charge in [-0.1, -0.05) is 24.0 Å². The van der Waals surface area contributed by atoms with E-state index in [4.69, 9.17) is 9.84 Å². The van der Waals surface area contributed by atoms with E-state index in [1.807, 2.05) is 38.1 Å². The second-order valence-electron chi connectivity index (χ2n) is 3.79. The van der Waals surface area contributed by atoms with Crippen LogP contribution >= 0.6 is 0 Å². The molecule has 1 rings (SSSR count). The molecule has 0 saturated heterocycles. The maximum atomic E-state index is 8.64. The summed E-state index contributed by atoms with van der Waals surface area (Å²) < 4.78 is 5.65. The van der Waals surface area contributed by atoms with E-state index in [-0.39, 0.29) is 12.7 Å². The number of aliphatic hydroxyl groups excluding tert-OH is 1. The van der Waals surface area contributed by atoms with Crippen molar-refractivity contribution in [1.82, 2.24) is 0 Å². The smallest absolute Gasteiger partial charge is 0.135 e. The predicted octanol–water partition coefficient (Wildman–Crippen LogP) is 2.60. The van der Waals surface area contributed by atoms with Crippen molar-refractivity contribution >= 4 is 0 Å². The van der Waals surface area contributed by atoms with Crippen LogP contribution in [0.25, 0.3) is 0 Å². The van der Waals surface area contributed by atoms with Crippen LogP contribution in [-0.4, -0.2) is 17.8 Å². The first-order chi connectivity index (χ1) is 7.74. The summed E-state index contributed by atoms with van der Waals surface area (Å²) in [6.07, 6.45) is 1.59. The molecule has 0 heterocycles. The summed E-state index contributed by atoms with van der Waals surface area (Å²) >= 11 is 0. The Morgan fingerprint density at radius 3 is 2.75 bits per heavy atom. The summed E-state index contributed by atoms with van der Waals surface area (Å²) in [5.41, 5.74) is 0.911. The molecule has 0 aliphatic rings. The van der Waals surface area contributed by atoms with Crippen molar-refractivity contribution in [3.05, 3.63) is 29.8 Å². The van der Waals surface area contributed by atoms with Crippen molar-refractivity contribution in [2.75, 3.05) is 6.61 Å². The molecule has 1 aromatic rings. The summed E-state index contributed by atoms with van der Waals surface area (Å²) in [4.78, 5) is 0. The van der Waals surface area contributed by atoms with Gasteiger partial charge in [0.05, 0.1) is 11.7 Å². The first-order valence-corrected chi connectivity index (χ1v) is 5.59. The highest BCUT2D eigenvalue weighted by Crippen LogP contribution is 2.18. The lowest BCUT2D eigenvalue weighted by molar-refractivity contribution is 0.242. The third kappa shape index (κ3) is 4.37. The van der Waals surface area contributed by atoms with E-state index in [2.05, 4.69) is 11.8 Å². The maximum Gasteiger partial charge on any atom is 0.135 e. The number of rotatable bonds is 4. The van der Waals surface area contributed by atoms with Gasteiger partial charge in [0.1, 0.15) is 5.75 Å². The van der Waals surface area contributed by atoms with Crippen molar-refractivity contribution in [1.29, 1.82) is 0 Å². The number of unbranched alkanes of at least 4 members (excludes halogenated alkanes) is 1. The van der Waals surface area contributed by atoms with E-state index in [1.165, 1.54) is 0 Å². The highest BCUT2D eigenvalue weighted by Gasteiger charge is 2.01. The quantitative estimate of drug-likeness (QED) is 0.621. The van der Waals surface area contributed by atoms with Crippen LogP contribution < -0.4 is 4.74 Å². The highest BCUT2D eigenvalue weighted by molar-refractivity contribution is 5.45. The Labute approximate surface area is 97.3 Å². The molecule has 0 saturated carbocycles. The van der Waals surface area contributed by atoms with Crippen LogP contribution in [0, 0.1) is 11.8 Å². The van der Waals surface area contributed by atoms with Crippen molar-refractivity contribution in [3.63, 3.8) is 0 Å². The van der Waals surface area contributed by atoms with E-state index in [9.17, 15) is 0 Å². The third-order valence-electron chi connectivity index (χ3n) is 1.93. The largest absolute Gasteiger partial charge is 0.490 e. The average Bonchev–Trinajstić information content (AvgIpc) is 2.26. The summed E-state index contributed by atoms with van der Waals surface area (Å²) in [5.74, 6) is 6.92. The topological polar surface area (TPSA) is 29.5 Å². The van der Waals surface area contributed by atoms with Gasteiger partial charge in [-0.05, 0) is 32.4 Å². The van der Waals surface area contributed by atoms with Gasteiger partial charge >= 0.3 is 0 Å². The van der Waals surface area contributed by atoms with E-state index >= 15 is 0 Å². The molecule has 0 aliphatic carbocycles. The molecule has 2 nitrogen and oxygen atoms in total. The van der Waals surface area contributed by atoms with Gasteiger partial charge in [-0.15, -0.1) is 0 Å². The highest BCUT2D eigenvalue weighted by atomic mass is 16.5. The molecule has 86 valence electrons. The van der Waals surface area contributed by atoms with Crippen LogP contribution in [0.5, 0.6) is 5.75 Å². The van der Waals surface area contributed by atoms with Gasteiger partial charge in [0.25, 0.3) is 0 Å². The van der Waals surface area contributed by atoms with Crippen LogP contribution in [0.2, 0.25) is 0 Å². The molecule has 0 spiro atoms. The first-order valence-electron chi connectivity index (χ1n) is 5.59. The number of para-hydroxylation sites is 1. The average molecular weight is 218 g/mol. The number of hydrogen-bond acceptors (Lipinski definition) is 2. The zero-order chi connectivity index (χ0) is 11.8. The third-order valence-corrected chi connectivity index (χ3v) is 1.93. The molecule has 16 heavy (non-hydrogen) atoms. The van der Waals surface area contributed by atoms with Gasteiger partial charge < -0.3 is 9.84 Å². The lowest BCUT2D eigenvalue weighted by Crippen LogP contribution is -2.06.